The third-order valence-electron chi connectivity index (χ3n) is 5.32. The van der Waals surface area contributed by atoms with Crippen LogP contribution in [0.5, 0.6) is 5.75 Å². The van der Waals surface area contributed by atoms with Gasteiger partial charge in [-0.1, -0.05) is 40.2 Å². The summed E-state index contributed by atoms with van der Waals surface area (Å²) in [5.74, 6) is -2.78. The highest BCUT2D eigenvalue weighted by Gasteiger charge is 2.54. The van der Waals surface area contributed by atoms with Crippen LogP contribution in [0.2, 0.25) is 0 Å². The lowest BCUT2D eigenvalue weighted by Crippen LogP contribution is -2.71. The zero-order chi connectivity index (χ0) is 25.8. The summed E-state index contributed by atoms with van der Waals surface area (Å²) in [4.78, 5) is 51.1. The average Bonchev–Trinajstić information content (AvgIpc) is 2.89. The number of thioether (sulfide) groups is 1. The van der Waals surface area contributed by atoms with E-state index in [9.17, 15) is 24.3 Å². The van der Waals surface area contributed by atoms with Gasteiger partial charge in [-0.2, -0.15) is 5.26 Å². The van der Waals surface area contributed by atoms with Gasteiger partial charge in [-0.3, -0.25) is 19.3 Å². The van der Waals surface area contributed by atoms with Crippen LogP contribution in [-0.2, 0) is 19.1 Å². The fourth-order valence-electron chi connectivity index (χ4n) is 3.56. The Labute approximate surface area is 218 Å². The van der Waals surface area contributed by atoms with Gasteiger partial charge in [0.25, 0.3) is 11.8 Å². The number of Topliss-reactive ketones (excluding diaryl/α,β-unsaturated/α-hetero) is 1. The van der Waals surface area contributed by atoms with Gasteiger partial charge in [0.1, 0.15) is 29.0 Å². The number of benzene rings is 2. The molecule has 0 aliphatic carbocycles. The van der Waals surface area contributed by atoms with Crippen LogP contribution in [0, 0.1) is 11.3 Å². The zero-order valence-electron chi connectivity index (χ0n) is 18.5. The van der Waals surface area contributed by atoms with Crippen molar-refractivity contribution in [1.82, 2.24) is 10.2 Å². The first-order valence-electron chi connectivity index (χ1n) is 10.5. The molecule has 2 aromatic carbocycles. The van der Waals surface area contributed by atoms with Crippen molar-refractivity contribution < 1.29 is 33.8 Å². The maximum atomic E-state index is 12.7. The first-order valence-corrected chi connectivity index (χ1v) is 12.4. The highest BCUT2D eigenvalue weighted by atomic mass is 79.9. The van der Waals surface area contributed by atoms with Crippen molar-refractivity contribution >= 4 is 51.3 Å². The van der Waals surface area contributed by atoms with Crippen LogP contribution in [0.15, 0.2) is 64.5 Å². The van der Waals surface area contributed by atoms with Crippen molar-refractivity contribution in [3.63, 3.8) is 0 Å². The number of aliphatic hydroxyl groups is 1. The van der Waals surface area contributed by atoms with Gasteiger partial charge in [0.15, 0.2) is 24.7 Å². The lowest BCUT2D eigenvalue weighted by Gasteiger charge is -2.48. The number of amides is 2. The van der Waals surface area contributed by atoms with Crippen molar-refractivity contribution in [2.75, 3.05) is 19.0 Å². The van der Waals surface area contributed by atoms with Gasteiger partial charge in [-0.05, 0) is 24.3 Å². The number of carbonyl (C=O) groups excluding carboxylic acids is 4. The van der Waals surface area contributed by atoms with Crippen molar-refractivity contribution in [2.24, 2.45) is 0 Å². The first-order chi connectivity index (χ1) is 17.3. The molecule has 2 amide bonds. The van der Waals surface area contributed by atoms with E-state index in [0.29, 0.717) is 5.56 Å². The van der Waals surface area contributed by atoms with Crippen LogP contribution in [0.25, 0.3) is 0 Å². The molecule has 2 aliphatic rings. The summed E-state index contributed by atoms with van der Waals surface area (Å²) in [6.07, 6.45) is 0. The fourth-order valence-corrected chi connectivity index (χ4v) is 5.02. The summed E-state index contributed by atoms with van der Waals surface area (Å²) in [6.45, 7) is -0.993. The highest BCUT2D eigenvalue weighted by Crippen LogP contribution is 2.40. The third-order valence-corrected chi connectivity index (χ3v) is 7.12. The number of hydrogen-bond donors (Lipinski definition) is 2. The van der Waals surface area contributed by atoms with Crippen LogP contribution >= 0.6 is 27.7 Å². The Morgan fingerprint density at radius 2 is 1.89 bits per heavy atom. The summed E-state index contributed by atoms with van der Waals surface area (Å²) in [5, 5.41) is 21.3. The second-order valence-corrected chi connectivity index (χ2v) is 9.67. The lowest BCUT2D eigenvalue weighted by molar-refractivity contribution is -0.153. The monoisotopic (exact) mass is 571 g/mol. The molecule has 2 N–H and O–H groups in total. The van der Waals surface area contributed by atoms with E-state index in [1.807, 2.05) is 6.07 Å². The smallest absolute Gasteiger partial charge is 0.359 e. The minimum atomic E-state index is -1.02. The zero-order valence-corrected chi connectivity index (χ0v) is 20.9. The van der Waals surface area contributed by atoms with Gasteiger partial charge < -0.3 is 19.9 Å². The molecule has 2 aromatic rings. The van der Waals surface area contributed by atoms with Crippen molar-refractivity contribution in [2.45, 2.75) is 11.4 Å². The molecule has 2 heterocycles. The Morgan fingerprint density at radius 1 is 1.17 bits per heavy atom. The molecule has 12 heteroatoms. The molecule has 0 spiro atoms. The number of fused-ring (bicyclic) bond motifs is 1. The number of ketones is 1. The van der Waals surface area contributed by atoms with E-state index in [1.54, 1.807) is 48.5 Å². The maximum absolute atomic E-state index is 12.7. The highest BCUT2D eigenvalue weighted by molar-refractivity contribution is 9.10. The molecule has 2 aliphatic heterocycles. The fraction of sp³-hybridized carbons (Fsp3) is 0.208. The summed E-state index contributed by atoms with van der Waals surface area (Å²) in [5.41, 5.74) is 0.252. The SMILES string of the molecule is N#Cc1ccccc1OCC(=O)NC1C(=O)N2C(C(=O)OCC(=O)c3ccc(Br)cc3)=C(O)CS[C@@H]12. The Balaban J connectivity index is 1.34. The van der Waals surface area contributed by atoms with Crippen molar-refractivity contribution in [3.05, 3.63) is 75.6 Å². The number of halogens is 1. The summed E-state index contributed by atoms with van der Waals surface area (Å²) < 4.78 is 11.2. The molecule has 4 rings (SSSR count). The number of carbonyl (C=O) groups is 4. The number of β-lactam (4-membered cyclic amide) rings is 1. The largest absolute Gasteiger partial charge is 0.509 e. The Kier molecular flexibility index (Phi) is 7.61. The van der Waals surface area contributed by atoms with Crippen LogP contribution in [-0.4, -0.2) is 64.0 Å². The number of rotatable bonds is 8. The number of hydrogen-bond acceptors (Lipinski definition) is 9. The predicted molar refractivity (Wildman–Crippen MR) is 131 cm³/mol. The van der Waals surface area contributed by atoms with Crippen LogP contribution in [0.1, 0.15) is 15.9 Å². The minimum Gasteiger partial charge on any atom is -0.509 e. The summed E-state index contributed by atoms with van der Waals surface area (Å²) in [6, 6.07) is 13.9. The molecule has 1 unspecified atom stereocenters. The van der Waals surface area contributed by atoms with Gasteiger partial charge in [0.2, 0.25) is 0 Å². The molecule has 184 valence electrons. The van der Waals surface area contributed by atoms with Gasteiger partial charge in [-0.25, -0.2) is 4.79 Å². The number of nitrogens with one attached hydrogen (secondary N) is 1. The molecule has 10 nitrogen and oxygen atoms in total. The molecular weight excluding hydrogens is 554 g/mol. The molecule has 0 aromatic heterocycles. The second-order valence-electron chi connectivity index (χ2n) is 7.65. The predicted octanol–water partition coefficient (Wildman–Crippen LogP) is 2.30. The number of nitriles is 1. The topological polar surface area (TPSA) is 146 Å². The number of aliphatic hydroxyl groups excluding tert-OH is 1. The van der Waals surface area contributed by atoms with Crippen molar-refractivity contribution in [3.8, 4) is 11.8 Å². The number of para-hydroxylation sites is 1. The molecule has 0 saturated carbocycles. The molecule has 0 radical (unpaired) electrons. The van der Waals surface area contributed by atoms with E-state index in [1.165, 1.54) is 0 Å². The van der Waals surface area contributed by atoms with Crippen LogP contribution in [0.3, 0.4) is 0 Å². The third kappa shape index (κ3) is 5.22. The first kappa shape index (κ1) is 25.3. The number of ether oxygens (including phenoxy) is 2. The van der Waals surface area contributed by atoms with E-state index in [0.717, 1.165) is 21.1 Å². The lowest BCUT2D eigenvalue weighted by atomic mass is 10.0. The van der Waals surface area contributed by atoms with Gasteiger partial charge in [-0.15, -0.1) is 11.8 Å². The Bertz CT molecular complexity index is 1310. The quantitative estimate of drug-likeness (QED) is 0.276. The van der Waals surface area contributed by atoms with Crippen LogP contribution < -0.4 is 10.1 Å². The number of nitrogens with zero attached hydrogens (tertiary/aromatic N) is 2. The molecule has 1 fully saturated rings. The normalized spacial score (nSPS) is 18.4. The molecule has 36 heavy (non-hydrogen) atoms. The maximum Gasteiger partial charge on any atom is 0.359 e. The molecule has 0 bridgehead atoms. The summed E-state index contributed by atoms with van der Waals surface area (Å²) >= 11 is 4.43. The average molecular weight is 572 g/mol. The minimum absolute atomic E-state index is 0.0119. The van der Waals surface area contributed by atoms with E-state index in [4.69, 9.17) is 14.7 Å². The van der Waals surface area contributed by atoms with E-state index in [2.05, 4.69) is 21.2 Å². The van der Waals surface area contributed by atoms with Crippen molar-refractivity contribution in [1.29, 1.82) is 5.26 Å². The Morgan fingerprint density at radius 3 is 2.61 bits per heavy atom. The van der Waals surface area contributed by atoms with E-state index in [-0.39, 0.29) is 28.5 Å². The summed E-state index contributed by atoms with van der Waals surface area (Å²) in [7, 11) is 0. The molecule has 1 saturated heterocycles. The standard InChI is InChI=1S/C24H18BrN3O7S/c25-15-7-5-13(6-8-15)16(29)10-35-24(33)21-17(30)12-36-23-20(22(32)28(21)23)27-19(31)11-34-18-4-2-1-3-14(18)9-26/h1-8,20,23,30H,10-12H2,(H,27,31)/t20?,23-/m0/s1. The van der Waals surface area contributed by atoms with Gasteiger partial charge >= 0.3 is 5.97 Å². The van der Waals surface area contributed by atoms with E-state index >= 15 is 0 Å². The van der Waals surface area contributed by atoms with Gasteiger partial charge in [0, 0.05) is 10.0 Å². The van der Waals surface area contributed by atoms with Crippen LogP contribution in [0.4, 0.5) is 0 Å². The van der Waals surface area contributed by atoms with E-state index < -0.39 is 48.2 Å². The molecule has 2 atom stereocenters. The number of esters is 1. The van der Waals surface area contributed by atoms with Gasteiger partial charge in [0.05, 0.1) is 11.3 Å². The molecular formula is C24H18BrN3O7S. The Hall–Kier alpha value is -3.82. The second kappa shape index (κ2) is 10.8.